The van der Waals surface area contributed by atoms with E-state index in [0.29, 0.717) is 17.4 Å². The highest BCUT2D eigenvalue weighted by Gasteiger charge is 2.18. The first-order chi connectivity index (χ1) is 8.22. The minimum Gasteiger partial charge on any atom is -0.493 e. The van der Waals surface area contributed by atoms with E-state index in [4.69, 9.17) is 4.74 Å². The van der Waals surface area contributed by atoms with Crippen LogP contribution in [0.25, 0.3) is 0 Å². The Morgan fingerprint density at radius 1 is 1.47 bits per heavy atom. The van der Waals surface area contributed by atoms with Crippen molar-refractivity contribution in [1.29, 1.82) is 0 Å². The molecule has 1 N–H and O–H groups in total. The smallest absolute Gasteiger partial charge is 0.134 e. The number of hydrogen-bond acceptors (Lipinski definition) is 4. The minimum atomic E-state index is -0.742. The summed E-state index contributed by atoms with van der Waals surface area (Å²) in [5.41, 5.74) is 0.746. The summed E-state index contributed by atoms with van der Waals surface area (Å²) in [6, 6.07) is 7.47. The maximum atomic E-state index is 10.3. The lowest BCUT2D eigenvalue weighted by Gasteiger charge is -2.13. The van der Waals surface area contributed by atoms with Gasteiger partial charge in [0.2, 0.25) is 0 Å². The Hall–Kier alpha value is -0.910. The van der Waals surface area contributed by atoms with Crippen molar-refractivity contribution in [2.45, 2.75) is 13.0 Å². The van der Waals surface area contributed by atoms with E-state index in [9.17, 15) is 5.11 Å². The molecule has 0 saturated carbocycles. The minimum absolute atomic E-state index is 0.575. The van der Waals surface area contributed by atoms with Crippen molar-refractivity contribution in [3.8, 4) is 5.75 Å². The summed E-state index contributed by atoms with van der Waals surface area (Å²) >= 11 is 4.69. The summed E-state index contributed by atoms with van der Waals surface area (Å²) < 4.78 is 6.23. The molecular weight excluding hydrogens is 302 g/mol. The normalized spacial score (nSPS) is 12.4. The number of hydrogen-bond donors (Lipinski definition) is 1. The molecule has 5 heteroatoms. The van der Waals surface area contributed by atoms with Crippen LogP contribution in [0.1, 0.15) is 23.6 Å². The quantitative estimate of drug-likeness (QED) is 0.940. The molecule has 1 unspecified atom stereocenters. The number of thiazole rings is 1. The number of aromatic nitrogens is 1. The van der Waals surface area contributed by atoms with Gasteiger partial charge in [-0.3, -0.25) is 0 Å². The van der Waals surface area contributed by atoms with Gasteiger partial charge in [0.05, 0.1) is 6.61 Å². The Labute approximate surface area is 112 Å². The summed E-state index contributed by atoms with van der Waals surface area (Å²) in [4.78, 5) is 4.22. The summed E-state index contributed by atoms with van der Waals surface area (Å²) in [6.45, 7) is 2.49. The van der Waals surface area contributed by atoms with E-state index in [0.717, 1.165) is 10.2 Å². The molecule has 3 nitrogen and oxygen atoms in total. The molecule has 1 aromatic heterocycles. The molecule has 90 valence electrons. The van der Waals surface area contributed by atoms with Gasteiger partial charge >= 0.3 is 0 Å². The number of benzene rings is 1. The number of aliphatic hydroxyl groups excluding tert-OH is 1. The maximum Gasteiger partial charge on any atom is 0.134 e. The van der Waals surface area contributed by atoms with Crippen LogP contribution in [0.4, 0.5) is 0 Å². The van der Waals surface area contributed by atoms with Crippen molar-refractivity contribution in [2.75, 3.05) is 6.61 Å². The van der Waals surface area contributed by atoms with Gasteiger partial charge in [0, 0.05) is 10.9 Å². The molecule has 0 aliphatic carbocycles. The van der Waals surface area contributed by atoms with Gasteiger partial charge in [0.25, 0.3) is 0 Å². The molecule has 0 radical (unpaired) electrons. The fourth-order valence-corrected chi connectivity index (χ4v) is 2.79. The number of ether oxygens (including phenoxy) is 1. The molecular formula is C12H12BrNO2S. The highest BCUT2D eigenvalue weighted by molar-refractivity contribution is 9.10. The lowest BCUT2D eigenvalue weighted by molar-refractivity contribution is 0.211. The third kappa shape index (κ3) is 2.86. The van der Waals surface area contributed by atoms with Crippen molar-refractivity contribution in [1.82, 2.24) is 4.98 Å². The second-order valence-corrected chi connectivity index (χ2v) is 5.08. The molecule has 0 saturated heterocycles. The SMILES string of the molecule is CCOc1ccccc1C(O)c1nc(Br)cs1. The second-order valence-electron chi connectivity index (χ2n) is 3.38. The van der Waals surface area contributed by atoms with E-state index in [-0.39, 0.29) is 0 Å². The molecule has 0 aliphatic heterocycles. The summed E-state index contributed by atoms with van der Waals surface area (Å²) in [5, 5.41) is 12.8. The molecule has 1 atom stereocenters. The molecule has 1 aromatic carbocycles. The predicted molar refractivity (Wildman–Crippen MR) is 71.5 cm³/mol. The van der Waals surface area contributed by atoms with Crippen LogP contribution in [-0.2, 0) is 0 Å². The van der Waals surface area contributed by atoms with Gasteiger partial charge in [-0.15, -0.1) is 11.3 Å². The largest absolute Gasteiger partial charge is 0.493 e. The van der Waals surface area contributed by atoms with E-state index >= 15 is 0 Å². The first-order valence-corrected chi connectivity index (χ1v) is 6.90. The molecule has 0 amide bonds. The summed E-state index contributed by atoms with van der Waals surface area (Å²) in [6.07, 6.45) is -0.742. The lowest BCUT2D eigenvalue weighted by atomic mass is 10.1. The van der Waals surface area contributed by atoms with Crippen molar-refractivity contribution in [3.63, 3.8) is 0 Å². The third-order valence-corrected chi connectivity index (χ3v) is 3.85. The van der Waals surface area contributed by atoms with Crippen LogP contribution in [0, 0.1) is 0 Å². The van der Waals surface area contributed by atoms with Crippen molar-refractivity contribution in [2.24, 2.45) is 0 Å². The topological polar surface area (TPSA) is 42.4 Å². The van der Waals surface area contributed by atoms with Crippen LogP contribution in [0.5, 0.6) is 5.75 Å². The Balaban J connectivity index is 2.33. The Morgan fingerprint density at radius 2 is 2.24 bits per heavy atom. The number of rotatable bonds is 4. The molecule has 2 aromatic rings. The van der Waals surface area contributed by atoms with Crippen LogP contribution in [0.15, 0.2) is 34.2 Å². The van der Waals surface area contributed by atoms with Gasteiger partial charge < -0.3 is 9.84 Å². The van der Waals surface area contributed by atoms with Crippen LogP contribution < -0.4 is 4.74 Å². The number of halogens is 1. The average molecular weight is 314 g/mol. The highest BCUT2D eigenvalue weighted by atomic mass is 79.9. The van der Waals surface area contributed by atoms with Crippen molar-refractivity contribution >= 4 is 27.3 Å². The van der Waals surface area contributed by atoms with Crippen LogP contribution in [-0.4, -0.2) is 16.7 Å². The fraction of sp³-hybridized carbons (Fsp3) is 0.250. The van der Waals surface area contributed by atoms with E-state index in [2.05, 4.69) is 20.9 Å². The number of aliphatic hydroxyl groups is 1. The molecule has 0 bridgehead atoms. The van der Waals surface area contributed by atoms with Crippen molar-refractivity contribution < 1.29 is 9.84 Å². The molecule has 17 heavy (non-hydrogen) atoms. The predicted octanol–water partition coefficient (Wildman–Crippen LogP) is 3.39. The monoisotopic (exact) mass is 313 g/mol. The van der Waals surface area contributed by atoms with Gasteiger partial charge in [-0.05, 0) is 28.9 Å². The van der Waals surface area contributed by atoms with E-state index < -0.39 is 6.10 Å². The zero-order valence-electron chi connectivity index (χ0n) is 9.26. The molecule has 0 aliphatic rings. The third-order valence-electron chi connectivity index (χ3n) is 2.24. The summed E-state index contributed by atoms with van der Waals surface area (Å²) in [7, 11) is 0. The van der Waals surface area contributed by atoms with Gasteiger partial charge in [-0.2, -0.15) is 0 Å². The molecule has 1 heterocycles. The van der Waals surface area contributed by atoms with Crippen molar-refractivity contribution in [3.05, 3.63) is 44.8 Å². The number of nitrogens with zero attached hydrogens (tertiary/aromatic N) is 1. The average Bonchev–Trinajstić information content (AvgIpc) is 2.76. The van der Waals surface area contributed by atoms with Crippen LogP contribution in [0.3, 0.4) is 0 Å². The molecule has 0 spiro atoms. The molecule has 2 rings (SSSR count). The lowest BCUT2D eigenvalue weighted by Crippen LogP contribution is -2.03. The Bertz CT molecular complexity index is 501. The van der Waals surface area contributed by atoms with Gasteiger partial charge in [0.15, 0.2) is 0 Å². The van der Waals surface area contributed by atoms with Crippen LogP contribution in [0.2, 0.25) is 0 Å². The number of para-hydroxylation sites is 1. The Morgan fingerprint density at radius 3 is 2.88 bits per heavy atom. The van der Waals surface area contributed by atoms with E-state index in [1.54, 1.807) is 0 Å². The summed E-state index contributed by atoms with van der Waals surface area (Å²) in [5.74, 6) is 0.703. The van der Waals surface area contributed by atoms with E-state index in [1.807, 2.05) is 36.6 Å². The van der Waals surface area contributed by atoms with E-state index in [1.165, 1.54) is 11.3 Å². The first-order valence-electron chi connectivity index (χ1n) is 5.23. The van der Waals surface area contributed by atoms with Gasteiger partial charge in [-0.25, -0.2) is 4.98 Å². The molecule has 0 fully saturated rings. The van der Waals surface area contributed by atoms with Gasteiger partial charge in [-0.1, -0.05) is 18.2 Å². The zero-order valence-corrected chi connectivity index (χ0v) is 11.7. The highest BCUT2D eigenvalue weighted by Crippen LogP contribution is 2.32. The van der Waals surface area contributed by atoms with Gasteiger partial charge in [0.1, 0.15) is 21.5 Å². The van der Waals surface area contributed by atoms with Crippen LogP contribution >= 0.6 is 27.3 Å². The zero-order chi connectivity index (χ0) is 12.3. The Kier molecular flexibility index (Phi) is 4.15. The maximum absolute atomic E-state index is 10.3. The fourth-order valence-electron chi connectivity index (χ4n) is 1.52. The standard InChI is InChI=1S/C12H12BrNO2S/c1-2-16-9-6-4-3-5-8(9)11(15)12-14-10(13)7-17-12/h3-7,11,15H,2H2,1H3. The second kappa shape index (κ2) is 5.62. The first kappa shape index (κ1) is 12.5.